The van der Waals surface area contributed by atoms with Crippen molar-refractivity contribution in [3.8, 4) is 11.4 Å². The van der Waals surface area contributed by atoms with Gasteiger partial charge in [0.1, 0.15) is 11.0 Å². The van der Waals surface area contributed by atoms with Crippen molar-refractivity contribution in [3.63, 3.8) is 0 Å². The summed E-state index contributed by atoms with van der Waals surface area (Å²) in [6.45, 7) is 0.415. The Bertz CT molecular complexity index is 1650. The average molecular weight is 450 g/mol. The Labute approximate surface area is 194 Å². The Kier molecular flexibility index (Phi) is 5.43. The minimum Gasteiger partial charge on any atom is -0.380 e. The van der Waals surface area contributed by atoms with Gasteiger partial charge in [-0.25, -0.2) is 13.9 Å². The van der Waals surface area contributed by atoms with E-state index in [-0.39, 0.29) is 16.6 Å². The summed E-state index contributed by atoms with van der Waals surface area (Å²) in [6.07, 6.45) is 0. The molecule has 0 aliphatic heterocycles. The maximum atomic E-state index is 13.8. The van der Waals surface area contributed by atoms with Gasteiger partial charge in [-0.1, -0.05) is 66.7 Å². The Morgan fingerprint density at radius 2 is 1.24 bits per heavy atom. The second-order valence-corrected chi connectivity index (χ2v) is 7.92. The molecule has 7 nitrogen and oxygen atoms in total. The Morgan fingerprint density at radius 3 is 1.82 bits per heavy atom. The van der Waals surface area contributed by atoms with Gasteiger partial charge < -0.3 is 5.32 Å². The van der Waals surface area contributed by atoms with Gasteiger partial charge in [-0.2, -0.15) is 0 Å². The first-order valence-electron chi connectivity index (χ1n) is 10.9. The van der Waals surface area contributed by atoms with E-state index in [1.165, 1.54) is 15.2 Å². The van der Waals surface area contributed by atoms with Crippen molar-refractivity contribution in [2.24, 2.45) is 7.05 Å². The first-order valence-corrected chi connectivity index (χ1v) is 10.9. The fourth-order valence-corrected chi connectivity index (χ4v) is 4.09. The van der Waals surface area contributed by atoms with Crippen LogP contribution in [0.1, 0.15) is 5.56 Å². The van der Waals surface area contributed by atoms with Crippen LogP contribution in [-0.2, 0) is 13.6 Å². The lowest BCUT2D eigenvalue weighted by atomic mass is 10.2. The van der Waals surface area contributed by atoms with E-state index in [2.05, 4.69) is 5.32 Å². The topological polar surface area (TPSA) is 78.0 Å². The molecule has 7 heteroatoms. The number of nitrogens with one attached hydrogen (secondary N) is 1. The average Bonchev–Trinajstić information content (AvgIpc) is 2.87. The molecule has 168 valence electrons. The lowest BCUT2D eigenvalue weighted by Gasteiger charge is -2.19. The zero-order valence-corrected chi connectivity index (χ0v) is 18.5. The van der Waals surface area contributed by atoms with E-state index in [0.29, 0.717) is 23.6 Å². The van der Waals surface area contributed by atoms with Crippen molar-refractivity contribution in [3.05, 3.63) is 134 Å². The molecule has 5 aromatic rings. The van der Waals surface area contributed by atoms with E-state index in [4.69, 9.17) is 0 Å². The number of nitrogens with zero attached hydrogens (tertiary/aromatic N) is 3. The van der Waals surface area contributed by atoms with Gasteiger partial charge in [0.25, 0.3) is 11.1 Å². The van der Waals surface area contributed by atoms with Crippen LogP contribution < -0.4 is 22.1 Å². The van der Waals surface area contributed by atoms with Crippen molar-refractivity contribution >= 4 is 16.7 Å². The third kappa shape index (κ3) is 3.63. The van der Waals surface area contributed by atoms with E-state index < -0.39 is 11.2 Å². The lowest BCUT2D eigenvalue weighted by Crippen LogP contribution is -2.40. The highest BCUT2D eigenvalue weighted by atomic mass is 16.2. The van der Waals surface area contributed by atoms with Crippen LogP contribution in [0.5, 0.6) is 0 Å². The van der Waals surface area contributed by atoms with Crippen LogP contribution in [0.25, 0.3) is 22.4 Å². The molecule has 5 rings (SSSR count). The molecule has 0 radical (unpaired) electrons. The molecule has 0 saturated heterocycles. The molecule has 1 N–H and O–H groups in total. The van der Waals surface area contributed by atoms with E-state index in [9.17, 15) is 14.4 Å². The molecule has 2 aromatic heterocycles. The number of hydrogen-bond acceptors (Lipinski definition) is 4. The van der Waals surface area contributed by atoms with Crippen LogP contribution in [-0.4, -0.2) is 13.7 Å². The molecular formula is C27H22N4O3. The molecule has 34 heavy (non-hydrogen) atoms. The fourth-order valence-electron chi connectivity index (χ4n) is 4.09. The van der Waals surface area contributed by atoms with Crippen molar-refractivity contribution in [2.75, 3.05) is 5.32 Å². The van der Waals surface area contributed by atoms with Crippen LogP contribution in [0.2, 0.25) is 0 Å². The predicted octanol–water partition coefficient (Wildman–Crippen LogP) is 3.45. The monoisotopic (exact) mass is 450 g/mol. The third-order valence-corrected chi connectivity index (χ3v) is 5.77. The molecule has 0 atom stereocenters. The first-order chi connectivity index (χ1) is 16.6. The summed E-state index contributed by atoms with van der Waals surface area (Å²) < 4.78 is 3.90. The van der Waals surface area contributed by atoms with Gasteiger partial charge in [0.2, 0.25) is 0 Å². The van der Waals surface area contributed by atoms with Crippen LogP contribution in [0.15, 0.2) is 111 Å². The van der Waals surface area contributed by atoms with Gasteiger partial charge in [0, 0.05) is 19.7 Å². The van der Waals surface area contributed by atoms with Crippen molar-refractivity contribution in [2.45, 2.75) is 6.54 Å². The summed E-state index contributed by atoms with van der Waals surface area (Å²) in [5, 5.41) is 3.50. The number of fused-ring (bicyclic) bond motifs is 1. The van der Waals surface area contributed by atoms with Gasteiger partial charge in [0.05, 0.1) is 17.1 Å². The summed E-state index contributed by atoms with van der Waals surface area (Å²) in [5.74, 6) is 0. The Morgan fingerprint density at radius 1 is 0.706 bits per heavy atom. The Balaban J connectivity index is 1.88. The number of rotatable bonds is 5. The highest BCUT2D eigenvalue weighted by Gasteiger charge is 2.21. The number of para-hydroxylation sites is 2. The van der Waals surface area contributed by atoms with Gasteiger partial charge in [-0.05, 0) is 29.8 Å². The normalized spacial score (nSPS) is 11.0. The smallest absolute Gasteiger partial charge is 0.341 e. The minimum atomic E-state index is -0.551. The van der Waals surface area contributed by atoms with Crippen LogP contribution >= 0.6 is 0 Å². The summed E-state index contributed by atoms with van der Waals surface area (Å²) >= 11 is 0. The van der Waals surface area contributed by atoms with Crippen LogP contribution in [0, 0.1) is 0 Å². The fraction of sp³-hybridized carbons (Fsp3) is 0.0741. The molecule has 0 aliphatic carbocycles. The molecule has 0 amide bonds. The minimum absolute atomic E-state index is 0.233. The molecule has 2 heterocycles. The molecular weight excluding hydrogens is 428 g/mol. The molecule has 0 aliphatic rings. The first kappa shape index (κ1) is 21.2. The number of benzene rings is 3. The van der Waals surface area contributed by atoms with E-state index >= 15 is 0 Å². The Hall–Kier alpha value is -4.65. The third-order valence-electron chi connectivity index (χ3n) is 5.77. The SMILES string of the molecule is Cn1c(=O)cc(NCc2ccccc2)c2c(=O)n(-c3ccccc3)c(=O)n(-c3ccccc3)c21. The maximum absolute atomic E-state index is 13.8. The zero-order valence-electron chi connectivity index (χ0n) is 18.5. The quantitative estimate of drug-likeness (QED) is 0.445. The van der Waals surface area contributed by atoms with Gasteiger partial charge in [-0.15, -0.1) is 0 Å². The van der Waals surface area contributed by atoms with Crippen molar-refractivity contribution < 1.29 is 0 Å². The molecule has 0 fully saturated rings. The lowest BCUT2D eigenvalue weighted by molar-refractivity contribution is 0.783. The molecule has 0 saturated carbocycles. The predicted molar refractivity (Wildman–Crippen MR) is 134 cm³/mol. The van der Waals surface area contributed by atoms with Crippen LogP contribution in [0.4, 0.5) is 5.69 Å². The summed E-state index contributed by atoms with van der Waals surface area (Å²) in [4.78, 5) is 40.5. The summed E-state index contributed by atoms with van der Waals surface area (Å²) in [7, 11) is 1.57. The van der Waals surface area contributed by atoms with Gasteiger partial charge in [0.15, 0.2) is 0 Å². The number of aryl methyl sites for hydroxylation is 1. The van der Waals surface area contributed by atoms with Gasteiger partial charge >= 0.3 is 5.69 Å². The molecule has 0 unspecified atom stereocenters. The number of anilines is 1. The molecule has 0 spiro atoms. The van der Waals surface area contributed by atoms with E-state index in [1.54, 1.807) is 55.6 Å². The molecule has 0 bridgehead atoms. The van der Waals surface area contributed by atoms with E-state index in [1.807, 2.05) is 42.5 Å². The van der Waals surface area contributed by atoms with Crippen molar-refractivity contribution in [1.29, 1.82) is 0 Å². The van der Waals surface area contributed by atoms with Crippen LogP contribution in [0.3, 0.4) is 0 Å². The second-order valence-electron chi connectivity index (χ2n) is 7.92. The number of pyridine rings is 1. The maximum Gasteiger partial charge on any atom is 0.341 e. The largest absolute Gasteiger partial charge is 0.380 e. The summed E-state index contributed by atoms with van der Waals surface area (Å²) in [6, 6.07) is 28.9. The number of hydrogen-bond donors (Lipinski definition) is 1. The standard InChI is InChI=1S/C27H22N4O3/c1-29-23(32)17-22(28-18-19-11-5-2-6-12-19)24-25(29)30(20-13-7-3-8-14-20)27(34)31(26(24)33)21-15-9-4-10-16-21/h2-17,28H,18H2,1H3. The number of aromatic nitrogens is 3. The zero-order chi connectivity index (χ0) is 23.7. The van der Waals surface area contributed by atoms with Gasteiger partial charge in [-0.3, -0.25) is 14.2 Å². The summed E-state index contributed by atoms with van der Waals surface area (Å²) in [5.41, 5.74) is 1.23. The van der Waals surface area contributed by atoms with E-state index in [0.717, 1.165) is 10.1 Å². The highest BCUT2D eigenvalue weighted by molar-refractivity contribution is 5.89. The second kappa shape index (κ2) is 8.71. The highest BCUT2D eigenvalue weighted by Crippen LogP contribution is 2.21. The van der Waals surface area contributed by atoms with Crippen molar-refractivity contribution in [1.82, 2.24) is 13.7 Å². The molecule has 3 aromatic carbocycles.